The molecule has 0 spiro atoms. The van der Waals surface area contributed by atoms with Gasteiger partial charge in [0.1, 0.15) is 11.9 Å². The van der Waals surface area contributed by atoms with Gasteiger partial charge in [-0.05, 0) is 18.6 Å². The quantitative estimate of drug-likeness (QED) is 0.461. The molecule has 0 aliphatic heterocycles. The molecule has 1 heterocycles. The van der Waals surface area contributed by atoms with Gasteiger partial charge in [-0.25, -0.2) is 0 Å². The zero-order valence-electron chi connectivity index (χ0n) is 10.7. The third-order valence-corrected chi connectivity index (χ3v) is 2.37. The Morgan fingerprint density at radius 2 is 2.05 bits per heavy atom. The lowest BCUT2D eigenvalue weighted by Gasteiger charge is -2.09. The van der Waals surface area contributed by atoms with E-state index in [0.717, 1.165) is 0 Å². The molecule has 1 unspecified atom stereocenters. The minimum absolute atomic E-state index is 0.179. The van der Waals surface area contributed by atoms with E-state index < -0.39 is 17.9 Å². The summed E-state index contributed by atoms with van der Waals surface area (Å²) in [6.45, 7) is 0.798. The Hall–Kier alpha value is -1.86. The van der Waals surface area contributed by atoms with Gasteiger partial charge in [-0.2, -0.15) is 0 Å². The van der Waals surface area contributed by atoms with Gasteiger partial charge >= 0.3 is 11.8 Å². The van der Waals surface area contributed by atoms with Crippen molar-refractivity contribution in [1.29, 1.82) is 0 Å². The molecule has 19 heavy (non-hydrogen) atoms. The minimum atomic E-state index is -0.799. The topological polar surface area (TPSA) is 101 Å². The van der Waals surface area contributed by atoms with Crippen molar-refractivity contribution in [3.05, 3.63) is 24.2 Å². The van der Waals surface area contributed by atoms with Gasteiger partial charge in [-0.15, -0.1) is 0 Å². The minimum Gasteiger partial charge on any atom is -0.467 e. The average Bonchev–Trinajstić information content (AvgIpc) is 2.92. The van der Waals surface area contributed by atoms with Crippen molar-refractivity contribution in [3.8, 4) is 0 Å². The third-order valence-electron chi connectivity index (χ3n) is 2.37. The molecule has 7 heteroatoms. The summed E-state index contributed by atoms with van der Waals surface area (Å²) in [4.78, 5) is 22.6. The van der Waals surface area contributed by atoms with Crippen LogP contribution >= 0.6 is 0 Å². The number of aliphatic hydroxyl groups excluding tert-OH is 1. The van der Waals surface area contributed by atoms with Crippen LogP contribution in [0.1, 0.15) is 18.3 Å². The molecule has 1 aromatic rings. The Labute approximate surface area is 110 Å². The number of hydrogen-bond donors (Lipinski definition) is 3. The molecule has 106 valence electrons. The number of rotatable bonds is 7. The average molecular weight is 270 g/mol. The third kappa shape index (κ3) is 5.54. The van der Waals surface area contributed by atoms with Crippen LogP contribution in [0.3, 0.4) is 0 Å². The summed E-state index contributed by atoms with van der Waals surface area (Å²) in [6, 6.07) is 3.31. The van der Waals surface area contributed by atoms with Crippen LogP contribution in [0.4, 0.5) is 0 Å². The maximum Gasteiger partial charge on any atom is 0.309 e. The predicted molar refractivity (Wildman–Crippen MR) is 66.2 cm³/mol. The van der Waals surface area contributed by atoms with E-state index in [1.807, 2.05) is 0 Å². The summed E-state index contributed by atoms with van der Waals surface area (Å²) < 4.78 is 9.75. The summed E-state index contributed by atoms with van der Waals surface area (Å²) in [6.07, 6.45) is 0.928. The number of carbonyl (C=O) groups excluding carboxylic acids is 2. The Bertz CT molecular complexity index is 391. The molecule has 0 aliphatic carbocycles. The second-order valence-corrected chi connectivity index (χ2v) is 3.82. The van der Waals surface area contributed by atoms with Crippen LogP contribution < -0.4 is 10.6 Å². The lowest BCUT2D eigenvalue weighted by atomic mass is 10.2. The van der Waals surface area contributed by atoms with Crippen LogP contribution in [0.2, 0.25) is 0 Å². The van der Waals surface area contributed by atoms with Gasteiger partial charge in [0.25, 0.3) is 0 Å². The van der Waals surface area contributed by atoms with E-state index in [1.165, 1.54) is 13.4 Å². The van der Waals surface area contributed by atoms with Gasteiger partial charge in [0, 0.05) is 20.2 Å². The number of hydrogen-bond acceptors (Lipinski definition) is 5. The molecule has 7 nitrogen and oxygen atoms in total. The normalized spacial score (nSPS) is 11.9. The van der Waals surface area contributed by atoms with Crippen LogP contribution in [-0.2, 0) is 14.3 Å². The smallest absolute Gasteiger partial charge is 0.309 e. The SMILES string of the molecule is COCCNC(=O)C(=O)NCCC(O)c1ccco1. The van der Waals surface area contributed by atoms with E-state index >= 15 is 0 Å². The maximum absolute atomic E-state index is 11.3. The Morgan fingerprint density at radius 1 is 1.37 bits per heavy atom. The molecular weight excluding hydrogens is 252 g/mol. The summed E-state index contributed by atoms with van der Waals surface area (Å²) in [7, 11) is 1.50. The highest BCUT2D eigenvalue weighted by Crippen LogP contribution is 2.15. The highest BCUT2D eigenvalue weighted by molar-refractivity contribution is 6.35. The van der Waals surface area contributed by atoms with Crippen molar-refractivity contribution in [3.63, 3.8) is 0 Å². The van der Waals surface area contributed by atoms with E-state index in [4.69, 9.17) is 9.15 Å². The molecule has 1 atom stereocenters. The monoisotopic (exact) mass is 270 g/mol. The Balaban J connectivity index is 2.18. The molecule has 3 N–H and O–H groups in total. The van der Waals surface area contributed by atoms with Gasteiger partial charge in [-0.1, -0.05) is 0 Å². The van der Waals surface area contributed by atoms with E-state index in [-0.39, 0.29) is 19.5 Å². The number of aliphatic hydroxyl groups is 1. The molecule has 0 fully saturated rings. The number of carbonyl (C=O) groups is 2. The van der Waals surface area contributed by atoms with E-state index in [2.05, 4.69) is 10.6 Å². The van der Waals surface area contributed by atoms with Crippen molar-refractivity contribution in [2.24, 2.45) is 0 Å². The first-order valence-electron chi connectivity index (χ1n) is 5.91. The van der Waals surface area contributed by atoms with Crippen molar-refractivity contribution < 1.29 is 23.8 Å². The van der Waals surface area contributed by atoms with Crippen LogP contribution in [0.25, 0.3) is 0 Å². The largest absolute Gasteiger partial charge is 0.467 e. The fraction of sp³-hybridized carbons (Fsp3) is 0.500. The van der Waals surface area contributed by atoms with Crippen LogP contribution in [0, 0.1) is 0 Å². The summed E-state index contributed by atoms with van der Waals surface area (Å²) >= 11 is 0. The fourth-order valence-electron chi connectivity index (χ4n) is 1.37. The summed E-state index contributed by atoms with van der Waals surface area (Å²) in [5.41, 5.74) is 0. The number of furan rings is 1. The van der Waals surface area contributed by atoms with Crippen LogP contribution in [-0.4, -0.2) is 43.7 Å². The maximum atomic E-state index is 11.3. The zero-order chi connectivity index (χ0) is 14.1. The molecule has 0 radical (unpaired) electrons. The molecular formula is C12H18N2O5. The summed E-state index contributed by atoms with van der Waals surface area (Å²) in [5, 5.41) is 14.5. The molecule has 1 rings (SSSR count). The van der Waals surface area contributed by atoms with Gasteiger partial charge in [0.15, 0.2) is 0 Å². The first kappa shape index (κ1) is 15.2. The zero-order valence-corrected chi connectivity index (χ0v) is 10.7. The van der Waals surface area contributed by atoms with Crippen molar-refractivity contribution in [1.82, 2.24) is 10.6 Å². The van der Waals surface area contributed by atoms with Crippen molar-refractivity contribution in [2.45, 2.75) is 12.5 Å². The van der Waals surface area contributed by atoms with Gasteiger partial charge in [0.2, 0.25) is 0 Å². The summed E-state index contributed by atoms with van der Waals surface area (Å²) in [5.74, 6) is -1.02. The first-order valence-corrected chi connectivity index (χ1v) is 5.91. The predicted octanol–water partition coefficient (Wildman–Crippen LogP) is -0.418. The molecule has 0 aromatic carbocycles. The number of nitrogens with one attached hydrogen (secondary N) is 2. The highest BCUT2D eigenvalue weighted by atomic mass is 16.5. The molecule has 0 saturated heterocycles. The van der Waals surface area contributed by atoms with E-state index in [0.29, 0.717) is 12.4 Å². The van der Waals surface area contributed by atoms with Gasteiger partial charge in [-0.3, -0.25) is 9.59 Å². The molecule has 0 saturated carbocycles. The lowest BCUT2D eigenvalue weighted by Crippen LogP contribution is -2.41. The standard InChI is InChI=1S/C12H18N2O5/c1-18-8-6-14-12(17)11(16)13-5-4-9(15)10-3-2-7-19-10/h2-3,7,9,15H,4-6,8H2,1H3,(H,13,16)(H,14,17). The Kier molecular flexibility index (Phi) is 6.62. The second-order valence-electron chi connectivity index (χ2n) is 3.82. The molecule has 0 aliphatic rings. The molecule has 1 aromatic heterocycles. The van der Waals surface area contributed by atoms with E-state index in [9.17, 15) is 14.7 Å². The first-order chi connectivity index (χ1) is 9.15. The number of ether oxygens (including phenoxy) is 1. The molecule has 0 bridgehead atoms. The number of amides is 2. The second kappa shape index (κ2) is 8.28. The van der Waals surface area contributed by atoms with Crippen LogP contribution in [0.15, 0.2) is 22.8 Å². The van der Waals surface area contributed by atoms with E-state index in [1.54, 1.807) is 12.1 Å². The fourth-order valence-corrected chi connectivity index (χ4v) is 1.37. The van der Waals surface area contributed by atoms with Gasteiger partial charge in [0.05, 0.1) is 12.9 Å². The number of methoxy groups -OCH3 is 1. The highest BCUT2D eigenvalue weighted by Gasteiger charge is 2.14. The van der Waals surface area contributed by atoms with Crippen LogP contribution in [0.5, 0.6) is 0 Å². The van der Waals surface area contributed by atoms with Crippen molar-refractivity contribution >= 4 is 11.8 Å². The van der Waals surface area contributed by atoms with Gasteiger partial charge < -0.3 is 24.9 Å². The lowest BCUT2D eigenvalue weighted by molar-refractivity contribution is -0.139. The van der Waals surface area contributed by atoms with Crippen molar-refractivity contribution in [2.75, 3.05) is 26.8 Å². The Morgan fingerprint density at radius 3 is 2.63 bits per heavy atom. The molecule has 2 amide bonds.